The van der Waals surface area contributed by atoms with Crippen LogP contribution in [0.15, 0.2) is 42.5 Å². The van der Waals surface area contributed by atoms with Crippen LogP contribution in [0.3, 0.4) is 0 Å². The highest BCUT2D eigenvalue weighted by atomic mass is 35.5. The zero-order valence-corrected chi connectivity index (χ0v) is 14.5. The van der Waals surface area contributed by atoms with Crippen molar-refractivity contribution < 1.29 is 19.1 Å². The summed E-state index contributed by atoms with van der Waals surface area (Å²) in [6.07, 6.45) is -1.00. The minimum atomic E-state index is -1.00. The third-order valence-corrected chi connectivity index (χ3v) is 4.01. The summed E-state index contributed by atoms with van der Waals surface area (Å²) >= 11 is 11.9. The first kappa shape index (κ1) is 18.1. The van der Waals surface area contributed by atoms with Crippen molar-refractivity contribution in [3.63, 3.8) is 0 Å². The van der Waals surface area contributed by atoms with Gasteiger partial charge in [-0.05, 0) is 43.3 Å². The van der Waals surface area contributed by atoms with E-state index in [-0.39, 0.29) is 5.02 Å². The van der Waals surface area contributed by atoms with Crippen molar-refractivity contribution in [2.24, 2.45) is 0 Å². The van der Waals surface area contributed by atoms with E-state index in [2.05, 4.69) is 5.32 Å². The number of rotatable bonds is 5. The molecule has 0 saturated heterocycles. The second-order valence-electron chi connectivity index (χ2n) is 4.87. The van der Waals surface area contributed by atoms with Crippen LogP contribution in [0.2, 0.25) is 10.0 Å². The van der Waals surface area contributed by atoms with Crippen LogP contribution in [0.4, 0.5) is 5.69 Å². The van der Waals surface area contributed by atoms with Gasteiger partial charge in [-0.2, -0.15) is 0 Å². The molecule has 0 aliphatic carbocycles. The van der Waals surface area contributed by atoms with E-state index in [0.29, 0.717) is 22.0 Å². The average molecular weight is 368 g/mol. The van der Waals surface area contributed by atoms with Crippen LogP contribution in [-0.4, -0.2) is 25.1 Å². The van der Waals surface area contributed by atoms with Crippen molar-refractivity contribution >= 4 is 40.8 Å². The number of esters is 1. The van der Waals surface area contributed by atoms with E-state index >= 15 is 0 Å². The lowest BCUT2D eigenvalue weighted by atomic mass is 10.2. The highest BCUT2D eigenvalue weighted by Gasteiger charge is 2.20. The fourth-order valence-corrected chi connectivity index (χ4v) is 2.19. The lowest BCUT2D eigenvalue weighted by molar-refractivity contribution is -0.123. The molecule has 1 atom stereocenters. The van der Waals surface area contributed by atoms with Gasteiger partial charge in [0.15, 0.2) is 6.10 Å². The van der Waals surface area contributed by atoms with Crippen molar-refractivity contribution in [2.45, 2.75) is 13.0 Å². The van der Waals surface area contributed by atoms with E-state index < -0.39 is 18.0 Å². The number of amides is 1. The molecule has 0 bridgehead atoms. The maximum Gasteiger partial charge on any atom is 0.338 e. The Hall–Kier alpha value is -2.24. The highest BCUT2D eigenvalue weighted by Crippen LogP contribution is 2.29. The molecule has 7 heteroatoms. The van der Waals surface area contributed by atoms with Gasteiger partial charge in [0.2, 0.25) is 0 Å². The molecule has 0 saturated carbocycles. The molecule has 24 heavy (non-hydrogen) atoms. The largest absolute Gasteiger partial charge is 0.497 e. The van der Waals surface area contributed by atoms with Crippen LogP contribution < -0.4 is 10.1 Å². The molecule has 126 valence electrons. The molecular weight excluding hydrogens is 353 g/mol. The van der Waals surface area contributed by atoms with Crippen LogP contribution in [0.1, 0.15) is 17.3 Å². The number of benzene rings is 2. The third-order valence-electron chi connectivity index (χ3n) is 3.19. The van der Waals surface area contributed by atoms with E-state index in [1.807, 2.05) is 0 Å². The molecule has 2 aromatic carbocycles. The maximum absolute atomic E-state index is 12.1. The van der Waals surface area contributed by atoms with Crippen molar-refractivity contribution in [2.75, 3.05) is 12.4 Å². The van der Waals surface area contributed by atoms with Crippen LogP contribution in [-0.2, 0) is 9.53 Å². The zero-order valence-electron chi connectivity index (χ0n) is 13.0. The topological polar surface area (TPSA) is 64.6 Å². The first-order valence-corrected chi connectivity index (χ1v) is 7.78. The summed E-state index contributed by atoms with van der Waals surface area (Å²) < 4.78 is 10.2. The minimum Gasteiger partial charge on any atom is -0.497 e. The molecule has 0 fully saturated rings. The summed E-state index contributed by atoms with van der Waals surface area (Å²) in [6.45, 7) is 1.47. The Morgan fingerprint density at radius 3 is 2.38 bits per heavy atom. The molecule has 1 N–H and O–H groups in total. The lowest BCUT2D eigenvalue weighted by Crippen LogP contribution is -2.30. The maximum atomic E-state index is 12.1. The van der Waals surface area contributed by atoms with E-state index in [1.54, 1.807) is 42.5 Å². The molecular formula is C17H15Cl2NO4. The second-order valence-corrected chi connectivity index (χ2v) is 5.65. The lowest BCUT2D eigenvalue weighted by Gasteiger charge is -2.14. The number of carbonyl (C=O) groups excluding carboxylic acids is 2. The average Bonchev–Trinajstić information content (AvgIpc) is 2.58. The van der Waals surface area contributed by atoms with Crippen molar-refractivity contribution in [1.82, 2.24) is 0 Å². The number of ether oxygens (including phenoxy) is 2. The van der Waals surface area contributed by atoms with E-state index in [4.69, 9.17) is 32.7 Å². The first-order chi connectivity index (χ1) is 11.4. The number of hydrogen-bond acceptors (Lipinski definition) is 4. The molecule has 2 aromatic rings. The highest BCUT2D eigenvalue weighted by molar-refractivity contribution is 6.44. The number of methoxy groups -OCH3 is 1. The van der Waals surface area contributed by atoms with Gasteiger partial charge in [0, 0.05) is 0 Å². The van der Waals surface area contributed by atoms with Gasteiger partial charge in [-0.3, -0.25) is 4.79 Å². The summed E-state index contributed by atoms with van der Waals surface area (Å²) in [5, 5.41) is 3.11. The van der Waals surface area contributed by atoms with Gasteiger partial charge in [0.1, 0.15) is 5.75 Å². The molecule has 0 aliphatic rings. The molecule has 0 aliphatic heterocycles. The second kappa shape index (κ2) is 8.04. The van der Waals surface area contributed by atoms with E-state index in [1.165, 1.54) is 14.0 Å². The van der Waals surface area contributed by atoms with Gasteiger partial charge in [0.25, 0.3) is 5.91 Å². The summed E-state index contributed by atoms with van der Waals surface area (Å²) in [4.78, 5) is 24.2. The molecule has 2 rings (SSSR count). The molecule has 0 heterocycles. The van der Waals surface area contributed by atoms with Gasteiger partial charge in [-0.25, -0.2) is 4.79 Å². The normalized spacial score (nSPS) is 11.5. The first-order valence-electron chi connectivity index (χ1n) is 7.02. The molecule has 0 radical (unpaired) electrons. The molecule has 1 amide bonds. The van der Waals surface area contributed by atoms with Crippen LogP contribution in [0.25, 0.3) is 0 Å². The summed E-state index contributed by atoms with van der Waals surface area (Å²) in [6, 6.07) is 11.2. The van der Waals surface area contributed by atoms with Crippen LogP contribution in [0, 0.1) is 0 Å². The fourth-order valence-electron chi connectivity index (χ4n) is 1.84. The number of carbonyl (C=O) groups is 2. The van der Waals surface area contributed by atoms with Gasteiger partial charge in [-0.1, -0.05) is 29.3 Å². The van der Waals surface area contributed by atoms with Gasteiger partial charge >= 0.3 is 5.97 Å². The van der Waals surface area contributed by atoms with E-state index in [0.717, 1.165) is 0 Å². The van der Waals surface area contributed by atoms with Crippen molar-refractivity contribution in [3.8, 4) is 5.75 Å². The summed E-state index contributed by atoms with van der Waals surface area (Å²) in [7, 11) is 1.53. The Balaban J connectivity index is 2.00. The number of anilines is 1. The van der Waals surface area contributed by atoms with Crippen LogP contribution in [0.5, 0.6) is 5.75 Å². The predicted molar refractivity (Wildman–Crippen MR) is 93.0 cm³/mol. The quantitative estimate of drug-likeness (QED) is 0.804. The summed E-state index contributed by atoms with van der Waals surface area (Å²) in [5.41, 5.74) is 0.665. The number of nitrogens with one attached hydrogen (secondary N) is 1. The molecule has 0 spiro atoms. The molecule has 5 nitrogen and oxygen atoms in total. The van der Waals surface area contributed by atoms with Crippen molar-refractivity contribution in [3.05, 3.63) is 58.1 Å². The van der Waals surface area contributed by atoms with E-state index in [9.17, 15) is 9.59 Å². The monoisotopic (exact) mass is 367 g/mol. The summed E-state index contributed by atoms with van der Waals surface area (Å²) in [5.74, 6) is -0.508. The van der Waals surface area contributed by atoms with Crippen LogP contribution >= 0.6 is 23.2 Å². The fraction of sp³-hybridized carbons (Fsp3) is 0.176. The molecule has 0 unspecified atom stereocenters. The number of hydrogen-bond donors (Lipinski definition) is 1. The SMILES string of the molecule is COc1ccc(C(=O)O[C@@H](C)C(=O)Nc2cccc(Cl)c2Cl)cc1. The Morgan fingerprint density at radius 2 is 1.75 bits per heavy atom. The van der Waals surface area contributed by atoms with Crippen molar-refractivity contribution in [1.29, 1.82) is 0 Å². The Bertz CT molecular complexity index is 747. The van der Waals surface area contributed by atoms with Gasteiger partial charge in [-0.15, -0.1) is 0 Å². The zero-order chi connectivity index (χ0) is 17.7. The smallest absolute Gasteiger partial charge is 0.338 e. The third kappa shape index (κ3) is 4.40. The minimum absolute atomic E-state index is 0.223. The van der Waals surface area contributed by atoms with Gasteiger partial charge in [0.05, 0.1) is 28.4 Å². The number of halogens is 2. The predicted octanol–water partition coefficient (Wildman–Crippen LogP) is 4.19. The van der Waals surface area contributed by atoms with Gasteiger partial charge < -0.3 is 14.8 Å². The molecule has 0 aromatic heterocycles. The Kier molecular flexibility index (Phi) is 6.06. The standard InChI is InChI=1S/C17H15Cl2NO4/c1-10(16(21)20-14-5-3-4-13(18)15(14)19)24-17(22)11-6-8-12(23-2)9-7-11/h3-10H,1-2H3,(H,20,21)/t10-/m0/s1. The Labute approximate surface area is 149 Å². The Morgan fingerprint density at radius 1 is 1.08 bits per heavy atom.